The number of benzene rings is 2. The molecule has 0 atom stereocenters. The smallest absolute Gasteiger partial charge is 0.339 e. The van der Waals surface area contributed by atoms with Crippen molar-refractivity contribution in [2.45, 2.75) is 6.92 Å². The van der Waals surface area contributed by atoms with Crippen molar-refractivity contribution in [3.63, 3.8) is 0 Å². The van der Waals surface area contributed by atoms with Gasteiger partial charge in [0.25, 0.3) is 5.91 Å². The van der Waals surface area contributed by atoms with Gasteiger partial charge in [-0.05, 0) is 43.3 Å². The highest BCUT2D eigenvalue weighted by Crippen LogP contribution is 2.26. The van der Waals surface area contributed by atoms with Crippen LogP contribution in [0.3, 0.4) is 0 Å². The van der Waals surface area contributed by atoms with Crippen LogP contribution in [0.25, 0.3) is 6.08 Å². The molecule has 126 valence electrons. The molecular formula is C20H17NO4. The second-order valence-corrected chi connectivity index (χ2v) is 5.55. The Balaban J connectivity index is 1.90. The zero-order chi connectivity index (χ0) is 17.8. The first-order chi connectivity index (χ1) is 12.1. The van der Waals surface area contributed by atoms with E-state index in [1.807, 2.05) is 25.1 Å². The van der Waals surface area contributed by atoms with Crippen LogP contribution in [0.2, 0.25) is 0 Å². The first-order valence-corrected chi connectivity index (χ1v) is 7.73. The zero-order valence-electron chi connectivity index (χ0n) is 13.9. The molecule has 2 aromatic rings. The van der Waals surface area contributed by atoms with Crippen LogP contribution in [0.5, 0.6) is 5.75 Å². The van der Waals surface area contributed by atoms with Crippen molar-refractivity contribution in [3.05, 3.63) is 77.1 Å². The van der Waals surface area contributed by atoms with E-state index in [2.05, 4.69) is 5.32 Å². The van der Waals surface area contributed by atoms with E-state index in [1.54, 1.807) is 36.4 Å². The summed E-state index contributed by atoms with van der Waals surface area (Å²) in [4.78, 5) is 24.5. The lowest BCUT2D eigenvalue weighted by Gasteiger charge is -2.10. The number of carbonyl (C=O) groups excluding carboxylic acids is 2. The molecule has 5 nitrogen and oxygen atoms in total. The van der Waals surface area contributed by atoms with Crippen molar-refractivity contribution in [3.8, 4) is 5.75 Å². The van der Waals surface area contributed by atoms with Crippen molar-refractivity contribution >= 4 is 23.6 Å². The predicted molar refractivity (Wildman–Crippen MR) is 95.3 cm³/mol. The van der Waals surface area contributed by atoms with Gasteiger partial charge >= 0.3 is 5.97 Å². The lowest BCUT2D eigenvalue weighted by molar-refractivity contribution is -0.112. The summed E-state index contributed by atoms with van der Waals surface area (Å²) in [6.07, 6.45) is 4.81. The molecule has 0 spiro atoms. The summed E-state index contributed by atoms with van der Waals surface area (Å²) in [5.74, 6) is -0.171. The van der Waals surface area contributed by atoms with Gasteiger partial charge in [-0.3, -0.25) is 4.79 Å². The van der Waals surface area contributed by atoms with E-state index in [9.17, 15) is 9.59 Å². The minimum atomic E-state index is -0.509. The van der Waals surface area contributed by atoms with Crippen LogP contribution in [0.15, 0.2) is 60.4 Å². The van der Waals surface area contributed by atoms with Gasteiger partial charge in [0.1, 0.15) is 5.75 Å². The molecule has 0 bridgehead atoms. The number of aryl methyl sites for hydroxylation is 1. The average molecular weight is 335 g/mol. The maximum absolute atomic E-state index is 12.6. The minimum absolute atomic E-state index is 0.295. The Labute approximate surface area is 145 Å². The van der Waals surface area contributed by atoms with E-state index in [0.29, 0.717) is 22.6 Å². The molecule has 0 aromatic heterocycles. The summed E-state index contributed by atoms with van der Waals surface area (Å²) in [6.45, 7) is 1.97. The summed E-state index contributed by atoms with van der Waals surface area (Å²) >= 11 is 0. The van der Waals surface area contributed by atoms with Crippen molar-refractivity contribution in [2.24, 2.45) is 0 Å². The zero-order valence-corrected chi connectivity index (χ0v) is 13.9. The Kier molecular flexibility index (Phi) is 4.66. The van der Waals surface area contributed by atoms with Crippen LogP contribution < -0.4 is 10.1 Å². The Morgan fingerprint density at radius 2 is 1.92 bits per heavy atom. The van der Waals surface area contributed by atoms with E-state index in [0.717, 1.165) is 11.1 Å². The molecule has 2 aromatic carbocycles. The van der Waals surface area contributed by atoms with Crippen molar-refractivity contribution < 1.29 is 19.1 Å². The van der Waals surface area contributed by atoms with Crippen LogP contribution >= 0.6 is 0 Å². The molecule has 1 heterocycles. The number of hydrogen-bond acceptors (Lipinski definition) is 4. The summed E-state index contributed by atoms with van der Waals surface area (Å²) in [6, 6.07) is 12.4. The minimum Gasteiger partial charge on any atom is -0.465 e. The van der Waals surface area contributed by atoms with Crippen LogP contribution in [0.4, 0.5) is 5.69 Å². The van der Waals surface area contributed by atoms with Crippen molar-refractivity contribution in [1.29, 1.82) is 0 Å². The van der Waals surface area contributed by atoms with E-state index >= 15 is 0 Å². The van der Waals surface area contributed by atoms with E-state index < -0.39 is 5.97 Å². The largest absolute Gasteiger partial charge is 0.465 e. The topological polar surface area (TPSA) is 64.6 Å². The van der Waals surface area contributed by atoms with Crippen molar-refractivity contribution in [2.75, 3.05) is 12.4 Å². The van der Waals surface area contributed by atoms with Gasteiger partial charge in [0.05, 0.1) is 24.6 Å². The third-order valence-electron chi connectivity index (χ3n) is 3.76. The van der Waals surface area contributed by atoms with Gasteiger partial charge in [-0.2, -0.15) is 0 Å². The quantitative estimate of drug-likeness (QED) is 0.869. The molecule has 1 aliphatic heterocycles. The second-order valence-electron chi connectivity index (χ2n) is 5.55. The average Bonchev–Trinajstić information content (AvgIpc) is 2.83. The maximum Gasteiger partial charge on any atom is 0.339 e. The van der Waals surface area contributed by atoms with Gasteiger partial charge in [-0.25, -0.2) is 4.79 Å². The highest BCUT2D eigenvalue weighted by molar-refractivity contribution is 6.11. The summed E-state index contributed by atoms with van der Waals surface area (Å²) in [5.41, 5.74) is 2.99. The number of esters is 1. The number of nitrogens with one attached hydrogen (secondary N) is 1. The van der Waals surface area contributed by atoms with E-state index in [-0.39, 0.29) is 5.91 Å². The fraction of sp³-hybridized carbons (Fsp3) is 0.100. The van der Waals surface area contributed by atoms with Gasteiger partial charge in [-0.1, -0.05) is 23.8 Å². The molecule has 0 saturated carbocycles. The Hall–Kier alpha value is -3.34. The summed E-state index contributed by atoms with van der Waals surface area (Å²) in [5, 5.41) is 2.75. The number of anilines is 1. The van der Waals surface area contributed by atoms with Gasteiger partial charge in [-0.15, -0.1) is 0 Å². The second kappa shape index (κ2) is 7.05. The number of ether oxygens (including phenoxy) is 2. The Bertz CT molecular complexity index is 896. The van der Waals surface area contributed by atoms with Crippen LogP contribution in [0, 0.1) is 6.92 Å². The number of para-hydroxylation sites is 1. The molecule has 1 aliphatic rings. The van der Waals surface area contributed by atoms with E-state index in [4.69, 9.17) is 9.47 Å². The molecule has 3 rings (SSSR count). The number of rotatable bonds is 3. The molecule has 0 fully saturated rings. The Morgan fingerprint density at radius 1 is 1.12 bits per heavy atom. The van der Waals surface area contributed by atoms with Crippen LogP contribution in [0.1, 0.15) is 21.5 Å². The third-order valence-corrected chi connectivity index (χ3v) is 3.76. The van der Waals surface area contributed by atoms with Gasteiger partial charge in [0.2, 0.25) is 0 Å². The van der Waals surface area contributed by atoms with E-state index in [1.165, 1.54) is 13.4 Å². The number of amides is 1. The molecule has 5 heteroatoms. The molecule has 0 saturated heterocycles. The van der Waals surface area contributed by atoms with Crippen molar-refractivity contribution in [1.82, 2.24) is 0 Å². The number of fused-ring (bicyclic) bond motifs is 1. The first kappa shape index (κ1) is 16.5. The maximum atomic E-state index is 12.6. The normalized spacial score (nSPS) is 12.3. The van der Waals surface area contributed by atoms with Crippen LogP contribution in [-0.2, 0) is 9.53 Å². The van der Waals surface area contributed by atoms with Crippen LogP contribution in [-0.4, -0.2) is 19.0 Å². The molecule has 0 aliphatic carbocycles. The lowest BCUT2D eigenvalue weighted by Crippen LogP contribution is -2.16. The van der Waals surface area contributed by atoms with Gasteiger partial charge in [0.15, 0.2) is 0 Å². The van der Waals surface area contributed by atoms with Gasteiger partial charge < -0.3 is 14.8 Å². The lowest BCUT2D eigenvalue weighted by atomic mass is 10.1. The number of methoxy groups -OCH3 is 1. The Morgan fingerprint density at radius 3 is 2.72 bits per heavy atom. The number of carbonyl (C=O) groups is 2. The molecule has 0 radical (unpaired) electrons. The fourth-order valence-electron chi connectivity index (χ4n) is 2.50. The predicted octanol–water partition coefficient (Wildman–Crippen LogP) is 3.71. The summed E-state index contributed by atoms with van der Waals surface area (Å²) < 4.78 is 10.3. The molecule has 25 heavy (non-hydrogen) atoms. The highest BCUT2D eigenvalue weighted by Gasteiger charge is 2.16. The molecule has 1 amide bonds. The summed E-state index contributed by atoms with van der Waals surface area (Å²) in [7, 11) is 1.30. The monoisotopic (exact) mass is 335 g/mol. The standard InChI is InChI=1S/C20H17NO4/c1-13-7-8-18-15(11-13)12-14(9-10-25-18)19(22)21-17-6-4-3-5-16(17)20(23)24-2/h3-12H,1-2H3,(H,21,22). The highest BCUT2D eigenvalue weighted by atomic mass is 16.5. The molecular weight excluding hydrogens is 318 g/mol. The van der Waals surface area contributed by atoms with Gasteiger partial charge in [0, 0.05) is 11.1 Å². The SMILES string of the molecule is COC(=O)c1ccccc1NC(=O)C1=Cc2cc(C)ccc2OC=C1. The third kappa shape index (κ3) is 3.61. The molecule has 0 unspecified atom stereocenters. The first-order valence-electron chi connectivity index (χ1n) is 7.73. The fourth-order valence-corrected chi connectivity index (χ4v) is 2.50. The molecule has 1 N–H and O–H groups in total. The number of hydrogen-bond donors (Lipinski definition) is 1.